The molecule has 4 nitrogen and oxygen atoms in total. The van der Waals surface area contributed by atoms with Gasteiger partial charge in [0.1, 0.15) is 5.82 Å². The number of nitrogens with zero attached hydrogens (tertiary/aromatic N) is 2. The minimum atomic E-state index is -0.110. The molecule has 1 heterocycles. The summed E-state index contributed by atoms with van der Waals surface area (Å²) in [5, 5.41) is 9.38. The summed E-state index contributed by atoms with van der Waals surface area (Å²) in [4.78, 5) is 17.5. The van der Waals surface area contributed by atoms with Gasteiger partial charge < -0.3 is 9.67 Å². The highest BCUT2D eigenvalue weighted by Gasteiger charge is 2.15. The number of rotatable bonds is 8. The van der Waals surface area contributed by atoms with E-state index >= 15 is 0 Å². The monoisotopic (exact) mass is 348 g/mol. The molecule has 0 amide bonds. The number of aliphatic hydroxyl groups is 1. The van der Waals surface area contributed by atoms with Crippen molar-refractivity contribution in [3.63, 3.8) is 0 Å². The van der Waals surface area contributed by atoms with Gasteiger partial charge in [-0.3, -0.25) is 4.79 Å². The molecule has 0 aliphatic carbocycles. The summed E-state index contributed by atoms with van der Waals surface area (Å²) >= 11 is 0. The predicted molar refractivity (Wildman–Crippen MR) is 103 cm³/mol. The van der Waals surface area contributed by atoms with Gasteiger partial charge in [0, 0.05) is 18.2 Å². The van der Waals surface area contributed by atoms with Crippen LogP contribution in [0.25, 0.3) is 11.1 Å². The number of aromatic nitrogens is 2. The van der Waals surface area contributed by atoms with Crippen LogP contribution in [0.1, 0.15) is 41.6 Å². The lowest BCUT2D eigenvalue weighted by Gasteiger charge is -2.11. The van der Waals surface area contributed by atoms with Crippen molar-refractivity contribution in [2.24, 2.45) is 0 Å². The Morgan fingerprint density at radius 2 is 1.81 bits per heavy atom. The van der Waals surface area contributed by atoms with E-state index in [9.17, 15) is 9.90 Å². The number of hydrogen-bond acceptors (Lipinski definition) is 3. The van der Waals surface area contributed by atoms with Crippen molar-refractivity contribution >= 4 is 5.78 Å². The average Bonchev–Trinajstić information content (AvgIpc) is 3.08. The first-order valence-electron chi connectivity index (χ1n) is 9.06. The van der Waals surface area contributed by atoms with Gasteiger partial charge in [-0.05, 0) is 17.5 Å². The molecule has 1 N–H and O–H groups in total. The Hall–Kier alpha value is -2.72. The molecule has 0 atom stereocenters. The number of ketones is 1. The Morgan fingerprint density at radius 3 is 2.54 bits per heavy atom. The lowest BCUT2D eigenvalue weighted by molar-refractivity contribution is 0.0971. The highest BCUT2D eigenvalue weighted by Crippen LogP contribution is 2.24. The van der Waals surface area contributed by atoms with E-state index in [1.54, 1.807) is 6.20 Å². The second kappa shape index (κ2) is 8.59. The molecule has 0 bridgehead atoms. The van der Waals surface area contributed by atoms with E-state index in [-0.39, 0.29) is 18.9 Å². The van der Waals surface area contributed by atoms with Crippen LogP contribution in [0.5, 0.6) is 0 Å². The molecule has 3 rings (SSSR count). The number of carbonyl (C=O) groups excluding carboxylic acids is 1. The van der Waals surface area contributed by atoms with Crippen LogP contribution >= 0.6 is 0 Å². The molecule has 0 unspecified atom stereocenters. The standard InChI is InChI=1S/C22H24N2O2/c1-2-3-13-22-23-18(16-25)14-24(22)15-21(26)20-12-8-7-11-19(20)17-9-5-4-6-10-17/h4-12,14,25H,2-3,13,15-16H2,1H3. The van der Waals surface area contributed by atoms with E-state index in [1.807, 2.05) is 59.2 Å². The smallest absolute Gasteiger partial charge is 0.183 e. The van der Waals surface area contributed by atoms with Crippen molar-refractivity contribution < 1.29 is 9.90 Å². The zero-order valence-electron chi connectivity index (χ0n) is 15.1. The van der Waals surface area contributed by atoms with Crippen LogP contribution in [0, 0.1) is 0 Å². The molecule has 0 saturated carbocycles. The summed E-state index contributed by atoms with van der Waals surface area (Å²) in [6, 6.07) is 17.6. The zero-order chi connectivity index (χ0) is 18.4. The topological polar surface area (TPSA) is 55.1 Å². The highest BCUT2D eigenvalue weighted by molar-refractivity contribution is 6.02. The molecule has 3 aromatic rings. The van der Waals surface area contributed by atoms with Gasteiger partial charge in [0.05, 0.1) is 18.8 Å². The second-order valence-electron chi connectivity index (χ2n) is 6.37. The van der Waals surface area contributed by atoms with Crippen LogP contribution < -0.4 is 0 Å². The van der Waals surface area contributed by atoms with E-state index < -0.39 is 0 Å². The quantitative estimate of drug-likeness (QED) is 0.619. The fraction of sp³-hybridized carbons (Fsp3) is 0.273. The van der Waals surface area contributed by atoms with Crippen molar-refractivity contribution in [3.05, 3.63) is 77.9 Å². The third-order valence-corrected chi connectivity index (χ3v) is 4.45. The Bertz CT molecular complexity index is 869. The first-order valence-corrected chi connectivity index (χ1v) is 9.06. The van der Waals surface area contributed by atoms with Gasteiger partial charge in [-0.2, -0.15) is 0 Å². The van der Waals surface area contributed by atoms with Crippen LogP contribution in [0.3, 0.4) is 0 Å². The predicted octanol–water partition coefficient (Wildman–Crippen LogP) is 4.27. The van der Waals surface area contributed by atoms with E-state index in [1.165, 1.54) is 0 Å². The number of hydrogen-bond donors (Lipinski definition) is 1. The molecule has 0 spiro atoms. The summed E-state index contributed by atoms with van der Waals surface area (Å²) in [7, 11) is 0. The lowest BCUT2D eigenvalue weighted by Crippen LogP contribution is -2.13. The number of carbonyl (C=O) groups is 1. The maximum Gasteiger partial charge on any atom is 0.183 e. The third kappa shape index (κ3) is 4.09. The highest BCUT2D eigenvalue weighted by atomic mass is 16.3. The van der Waals surface area contributed by atoms with E-state index in [4.69, 9.17) is 0 Å². The second-order valence-corrected chi connectivity index (χ2v) is 6.37. The molecule has 0 aliphatic rings. The van der Waals surface area contributed by atoms with Crippen molar-refractivity contribution in [3.8, 4) is 11.1 Å². The Morgan fingerprint density at radius 1 is 1.08 bits per heavy atom. The number of unbranched alkanes of at least 4 members (excludes halogenated alkanes) is 1. The molecule has 0 aliphatic heterocycles. The summed E-state index contributed by atoms with van der Waals surface area (Å²) < 4.78 is 1.88. The minimum absolute atomic E-state index is 0.0455. The van der Waals surface area contributed by atoms with Crippen LogP contribution in [-0.2, 0) is 19.6 Å². The van der Waals surface area contributed by atoms with Crippen molar-refractivity contribution in [1.29, 1.82) is 0 Å². The summed E-state index contributed by atoms with van der Waals surface area (Å²) in [6.07, 6.45) is 4.67. The maximum atomic E-state index is 13.0. The minimum Gasteiger partial charge on any atom is -0.390 e. The van der Waals surface area contributed by atoms with Gasteiger partial charge in [-0.25, -0.2) is 4.98 Å². The molecule has 0 radical (unpaired) electrons. The summed E-state index contributed by atoms with van der Waals surface area (Å²) in [5.74, 6) is 0.908. The molecular weight excluding hydrogens is 324 g/mol. The van der Waals surface area contributed by atoms with Gasteiger partial charge in [0.25, 0.3) is 0 Å². The molecular formula is C22H24N2O2. The Kier molecular flexibility index (Phi) is 5.97. The normalized spacial score (nSPS) is 10.8. The van der Waals surface area contributed by atoms with Crippen molar-refractivity contribution in [1.82, 2.24) is 9.55 Å². The van der Waals surface area contributed by atoms with Crippen LogP contribution in [0.2, 0.25) is 0 Å². The number of Topliss-reactive ketones (excluding diaryl/α,β-unsaturated/α-hetero) is 1. The van der Waals surface area contributed by atoms with E-state index in [0.29, 0.717) is 11.3 Å². The van der Waals surface area contributed by atoms with Gasteiger partial charge in [-0.15, -0.1) is 0 Å². The Balaban J connectivity index is 1.89. The zero-order valence-corrected chi connectivity index (χ0v) is 15.1. The van der Waals surface area contributed by atoms with Gasteiger partial charge >= 0.3 is 0 Å². The summed E-state index contributed by atoms with van der Waals surface area (Å²) in [5.41, 5.74) is 3.29. The van der Waals surface area contributed by atoms with Crippen LogP contribution in [0.15, 0.2) is 60.8 Å². The molecule has 0 fully saturated rings. The van der Waals surface area contributed by atoms with Crippen LogP contribution in [-0.4, -0.2) is 20.4 Å². The van der Waals surface area contributed by atoms with Gasteiger partial charge in [0.2, 0.25) is 0 Å². The third-order valence-electron chi connectivity index (χ3n) is 4.45. The van der Waals surface area contributed by atoms with Gasteiger partial charge in [0.15, 0.2) is 5.78 Å². The maximum absolute atomic E-state index is 13.0. The SMILES string of the molecule is CCCCc1nc(CO)cn1CC(=O)c1ccccc1-c1ccccc1. The molecule has 2 aromatic carbocycles. The molecule has 4 heteroatoms. The van der Waals surface area contributed by atoms with Gasteiger partial charge in [-0.1, -0.05) is 67.9 Å². The molecule has 0 saturated heterocycles. The van der Waals surface area contributed by atoms with Crippen molar-refractivity contribution in [2.75, 3.05) is 0 Å². The summed E-state index contributed by atoms with van der Waals surface area (Å²) in [6.45, 7) is 2.25. The molecule has 134 valence electrons. The fourth-order valence-corrected chi connectivity index (χ4v) is 3.10. The molecule has 1 aromatic heterocycles. The fourth-order valence-electron chi connectivity index (χ4n) is 3.10. The number of imidazole rings is 1. The molecule has 26 heavy (non-hydrogen) atoms. The largest absolute Gasteiger partial charge is 0.390 e. The number of aryl methyl sites for hydroxylation is 1. The lowest BCUT2D eigenvalue weighted by atomic mass is 9.97. The average molecular weight is 348 g/mol. The van der Waals surface area contributed by atoms with Crippen molar-refractivity contribution in [2.45, 2.75) is 39.3 Å². The van der Waals surface area contributed by atoms with Crippen LogP contribution in [0.4, 0.5) is 0 Å². The first-order chi connectivity index (χ1) is 12.7. The Labute approximate surface area is 154 Å². The number of benzene rings is 2. The van der Waals surface area contributed by atoms with E-state index in [2.05, 4.69) is 11.9 Å². The number of aliphatic hydroxyl groups excluding tert-OH is 1. The first kappa shape index (κ1) is 18.1. The van der Waals surface area contributed by atoms with E-state index in [0.717, 1.165) is 36.2 Å².